The Balaban J connectivity index is 1.40. The Morgan fingerprint density at radius 3 is 2.20 bits per heavy atom. The fraction of sp³-hybridized carbons (Fsp3) is 0.0769. The van der Waals surface area contributed by atoms with E-state index in [-0.39, 0.29) is 12.2 Å². The van der Waals surface area contributed by atoms with E-state index in [9.17, 15) is 14.7 Å². The van der Waals surface area contributed by atoms with Gasteiger partial charge in [-0.15, -0.1) is 10.2 Å². The summed E-state index contributed by atoms with van der Waals surface area (Å²) in [6.45, 7) is 0. The summed E-state index contributed by atoms with van der Waals surface area (Å²) in [5.74, 6) is -0.145. The zero-order chi connectivity index (χ0) is 24.8. The first-order chi connectivity index (χ1) is 16.9. The minimum absolute atomic E-state index is 0.199. The Bertz CT molecular complexity index is 1330. The van der Waals surface area contributed by atoms with E-state index < -0.39 is 11.2 Å². The first-order valence-electron chi connectivity index (χ1n) is 10.4. The Hall–Kier alpha value is -3.39. The number of aromatic nitrogens is 2. The lowest BCUT2D eigenvalue weighted by Crippen LogP contribution is -2.20. The average molecular weight is 525 g/mol. The minimum atomic E-state index is -1.11. The molecule has 0 spiro atoms. The molecule has 1 atom stereocenters. The van der Waals surface area contributed by atoms with Crippen LogP contribution in [-0.4, -0.2) is 32.3 Å². The zero-order valence-electron chi connectivity index (χ0n) is 18.1. The van der Waals surface area contributed by atoms with Crippen LogP contribution >= 0.6 is 35.0 Å². The summed E-state index contributed by atoms with van der Waals surface area (Å²) in [5, 5.41) is 18.1. The third-order valence-corrected chi connectivity index (χ3v) is 6.77. The highest BCUT2D eigenvalue weighted by Gasteiger charge is 2.24. The molecule has 0 saturated heterocycles. The molecular weight excluding hydrogens is 507 g/mol. The standard InChI is InChI=1S/C26H18Cl2N2O4S/c27-20-11-8-17(14-21(20)28)22-12-13-25(30-29-22)35-24(26(32)33)15-23(31)16-6-9-19(10-7-16)34-18-4-2-1-3-5-18/h1-14,24H,15H2,(H,32,33). The van der Waals surface area contributed by atoms with Gasteiger partial charge in [0.25, 0.3) is 0 Å². The average Bonchev–Trinajstić information content (AvgIpc) is 2.87. The number of halogens is 2. The second kappa shape index (κ2) is 11.4. The summed E-state index contributed by atoms with van der Waals surface area (Å²) in [4.78, 5) is 24.6. The molecule has 0 aliphatic rings. The number of ketones is 1. The van der Waals surface area contributed by atoms with Crippen molar-refractivity contribution in [3.05, 3.63) is 101 Å². The highest BCUT2D eigenvalue weighted by molar-refractivity contribution is 8.00. The molecule has 1 aromatic heterocycles. The SMILES string of the molecule is O=C(CC(Sc1ccc(-c2ccc(Cl)c(Cl)c2)nn1)C(=O)O)c1ccc(Oc2ccccc2)cc1. The van der Waals surface area contributed by atoms with Crippen LogP contribution in [0, 0.1) is 0 Å². The van der Waals surface area contributed by atoms with Crippen LogP contribution in [0.3, 0.4) is 0 Å². The number of thioether (sulfide) groups is 1. The van der Waals surface area contributed by atoms with Crippen LogP contribution in [0.15, 0.2) is 90.0 Å². The van der Waals surface area contributed by atoms with Crippen molar-refractivity contribution in [1.82, 2.24) is 10.2 Å². The van der Waals surface area contributed by atoms with Gasteiger partial charge in [0.15, 0.2) is 5.78 Å². The Kier molecular flexibility index (Phi) is 8.02. The van der Waals surface area contributed by atoms with E-state index in [0.29, 0.717) is 37.8 Å². The van der Waals surface area contributed by atoms with Crippen molar-refractivity contribution in [3.63, 3.8) is 0 Å². The smallest absolute Gasteiger partial charge is 0.317 e. The number of nitrogens with zero attached hydrogens (tertiary/aromatic N) is 2. The number of rotatable bonds is 9. The summed E-state index contributed by atoms with van der Waals surface area (Å²) in [7, 11) is 0. The minimum Gasteiger partial charge on any atom is -0.480 e. The molecule has 1 N–H and O–H groups in total. The molecule has 4 rings (SSSR count). The van der Waals surface area contributed by atoms with E-state index in [2.05, 4.69) is 10.2 Å². The molecule has 0 aliphatic heterocycles. The van der Waals surface area contributed by atoms with Gasteiger partial charge in [0, 0.05) is 17.5 Å². The number of aliphatic carboxylic acids is 1. The molecule has 176 valence electrons. The Labute approximate surface area is 215 Å². The molecular formula is C26H18Cl2N2O4S. The maximum absolute atomic E-state index is 12.7. The van der Waals surface area contributed by atoms with Gasteiger partial charge < -0.3 is 9.84 Å². The third-order valence-electron chi connectivity index (χ3n) is 4.92. The highest BCUT2D eigenvalue weighted by atomic mass is 35.5. The van der Waals surface area contributed by atoms with Crippen molar-refractivity contribution in [2.45, 2.75) is 16.7 Å². The number of para-hydroxylation sites is 1. The summed E-state index contributed by atoms with van der Waals surface area (Å²) in [6.07, 6.45) is -0.199. The van der Waals surface area contributed by atoms with Gasteiger partial charge in [-0.2, -0.15) is 0 Å². The van der Waals surface area contributed by atoms with Crippen LogP contribution in [0.1, 0.15) is 16.8 Å². The van der Waals surface area contributed by atoms with E-state index in [4.69, 9.17) is 27.9 Å². The second-order valence-electron chi connectivity index (χ2n) is 7.40. The van der Waals surface area contributed by atoms with Gasteiger partial charge in [-0.1, -0.05) is 59.2 Å². The number of carboxylic acids is 1. The van der Waals surface area contributed by atoms with Gasteiger partial charge >= 0.3 is 5.97 Å². The van der Waals surface area contributed by atoms with E-state index in [1.165, 1.54) is 0 Å². The normalized spacial score (nSPS) is 11.6. The number of Topliss-reactive ketones (excluding diaryl/α,β-unsaturated/α-hetero) is 1. The molecule has 6 nitrogen and oxygen atoms in total. The van der Waals surface area contributed by atoms with E-state index in [1.54, 1.807) is 54.6 Å². The van der Waals surface area contributed by atoms with Gasteiger partial charge in [0.05, 0.1) is 15.7 Å². The largest absolute Gasteiger partial charge is 0.480 e. The van der Waals surface area contributed by atoms with Gasteiger partial charge in [-0.3, -0.25) is 9.59 Å². The number of carbonyl (C=O) groups excluding carboxylic acids is 1. The number of carbonyl (C=O) groups is 2. The lowest BCUT2D eigenvalue weighted by atomic mass is 10.1. The fourth-order valence-electron chi connectivity index (χ4n) is 3.14. The van der Waals surface area contributed by atoms with Crippen molar-refractivity contribution < 1.29 is 19.4 Å². The number of benzene rings is 3. The molecule has 9 heteroatoms. The predicted molar refractivity (Wildman–Crippen MR) is 137 cm³/mol. The predicted octanol–water partition coefficient (Wildman–Crippen LogP) is 7.06. The summed E-state index contributed by atoms with van der Waals surface area (Å²) in [5.41, 5.74) is 1.69. The van der Waals surface area contributed by atoms with Gasteiger partial charge in [0.1, 0.15) is 21.8 Å². The molecule has 1 unspecified atom stereocenters. The summed E-state index contributed by atoms with van der Waals surface area (Å²) < 4.78 is 5.73. The van der Waals surface area contributed by atoms with Crippen molar-refractivity contribution in [3.8, 4) is 22.8 Å². The molecule has 0 fully saturated rings. The van der Waals surface area contributed by atoms with Crippen molar-refractivity contribution in [1.29, 1.82) is 0 Å². The lowest BCUT2D eigenvalue weighted by molar-refractivity contribution is -0.136. The van der Waals surface area contributed by atoms with Crippen LogP contribution in [0.5, 0.6) is 11.5 Å². The molecule has 35 heavy (non-hydrogen) atoms. The number of hydrogen-bond donors (Lipinski definition) is 1. The first kappa shape index (κ1) is 24.7. The van der Waals surface area contributed by atoms with Crippen LogP contribution < -0.4 is 4.74 Å². The van der Waals surface area contributed by atoms with Crippen LogP contribution in [0.25, 0.3) is 11.3 Å². The number of ether oxygens (including phenoxy) is 1. The van der Waals surface area contributed by atoms with E-state index >= 15 is 0 Å². The topological polar surface area (TPSA) is 89.4 Å². The number of hydrogen-bond acceptors (Lipinski definition) is 6. The van der Waals surface area contributed by atoms with E-state index in [0.717, 1.165) is 17.3 Å². The van der Waals surface area contributed by atoms with Crippen LogP contribution in [0.2, 0.25) is 10.0 Å². The maximum Gasteiger partial charge on any atom is 0.317 e. The molecule has 3 aromatic carbocycles. The van der Waals surface area contributed by atoms with Gasteiger partial charge in [-0.25, -0.2) is 0 Å². The number of carboxylic acid groups (broad SMARTS) is 1. The van der Waals surface area contributed by atoms with Crippen LogP contribution in [-0.2, 0) is 4.79 Å². The van der Waals surface area contributed by atoms with Gasteiger partial charge in [-0.05, 0) is 60.7 Å². The lowest BCUT2D eigenvalue weighted by Gasteiger charge is -2.11. The molecule has 0 saturated carbocycles. The Morgan fingerprint density at radius 2 is 1.57 bits per heavy atom. The quantitative estimate of drug-likeness (QED) is 0.185. The summed E-state index contributed by atoms with van der Waals surface area (Å²) in [6, 6.07) is 24.3. The van der Waals surface area contributed by atoms with Crippen molar-refractivity contribution in [2.75, 3.05) is 0 Å². The monoisotopic (exact) mass is 524 g/mol. The maximum atomic E-state index is 12.7. The molecule has 1 heterocycles. The Morgan fingerprint density at radius 1 is 0.857 bits per heavy atom. The molecule has 0 bridgehead atoms. The van der Waals surface area contributed by atoms with E-state index in [1.807, 2.05) is 30.3 Å². The molecule has 0 amide bonds. The van der Waals surface area contributed by atoms with Crippen molar-refractivity contribution in [2.24, 2.45) is 0 Å². The second-order valence-corrected chi connectivity index (χ2v) is 9.43. The zero-order valence-corrected chi connectivity index (χ0v) is 20.4. The first-order valence-corrected chi connectivity index (χ1v) is 12.1. The fourth-order valence-corrected chi connectivity index (χ4v) is 4.30. The summed E-state index contributed by atoms with van der Waals surface area (Å²) >= 11 is 13.0. The highest BCUT2D eigenvalue weighted by Crippen LogP contribution is 2.30. The van der Waals surface area contributed by atoms with Crippen LogP contribution in [0.4, 0.5) is 0 Å². The van der Waals surface area contributed by atoms with Crippen molar-refractivity contribution >= 4 is 46.7 Å². The van der Waals surface area contributed by atoms with Gasteiger partial charge in [0.2, 0.25) is 0 Å². The molecule has 0 radical (unpaired) electrons. The molecule has 0 aliphatic carbocycles. The molecule has 4 aromatic rings. The third kappa shape index (κ3) is 6.60.